The molecular weight excluding hydrogens is 340 g/mol. The highest BCUT2D eigenvalue weighted by Gasteiger charge is 2.23. The molecule has 0 saturated heterocycles. The molecule has 1 atom stereocenters. The van der Waals surface area contributed by atoms with Crippen molar-refractivity contribution in [1.29, 1.82) is 0 Å². The number of para-hydroxylation sites is 1. The maximum atomic E-state index is 13.1. The Labute approximate surface area is 158 Å². The number of aromatic nitrogens is 1. The molecule has 1 aromatic heterocycles. The summed E-state index contributed by atoms with van der Waals surface area (Å²) < 4.78 is 4.80. The van der Waals surface area contributed by atoms with Gasteiger partial charge in [0.2, 0.25) is 5.91 Å². The van der Waals surface area contributed by atoms with Crippen LogP contribution in [-0.2, 0) is 16.0 Å². The molecule has 3 rings (SSSR count). The molecule has 0 aliphatic carbocycles. The zero-order valence-electron chi connectivity index (χ0n) is 15.0. The number of pyridine rings is 1. The number of carbonyl (C=O) groups is 2. The molecule has 1 unspecified atom stereocenters. The zero-order chi connectivity index (χ0) is 19.1. The van der Waals surface area contributed by atoms with E-state index in [-0.39, 0.29) is 5.91 Å². The highest BCUT2D eigenvalue weighted by molar-refractivity contribution is 6.03. The third-order valence-electron chi connectivity index (χ3n) is 4.25. The summed E-state index contributed by atoms with van der Waals surface area (Å²) in [5.41, 5.74) is 2.45. The minimum Gasteiger partial charge on any atom is -0.465 e. The van der Waals surface area contributed by atoms with E-state index in [4.69, 9.17) is 4.74 Å². The van der Waals surface area contributed by atoms with Crippen LogP contribution in [0.3, 0.4) is 0 Å². The standard InChI is InChI=1S/C22H20N2O3/c1-27-22(26)18-12-5-6-13-20(18)24-21(25)19(16-9-3-2-4-10-16)15-17-11-7-8-14-23-17/h2-14,19H,15H2,1H3,(H,24,25). The lowest BCUT2D eigenvalue weighted by Crippen LogP contribution is -2.24. The minimum absolute atomic E-state index is 0.205. The Morgan fingerprint density at radius 1 is 0.963 bits per heavy atom. The molecule has 0 radical (unpaired) electrons. The van der Waals surface area contributed by atoms with Gasteiger partial charge in [0.05, 0.1) is 24.3 Å². The van der Waals surface area contributed by atoms with E-state index < -0.39 is 11.9 Å². The topological polar surface area (TPSA) is 68.3 Å². The monoisotopic (exact) mass is 360 g/mol. The lowest BCUT2D eigenvalue weighted by molar-refractivity contribution is -0.117. The van der Waals surface area contributed by atoms with E-state index in [0.717, 1.165) is 11.3 Å². The summed E-state index contributed by atoms with van der Waals surface area (Å²) in [7, 11) is 1.31. The van der Waals surface area contributed by atoms with Crippen molar-refractivity contribution in [2.45, 2.75) is 12.3 Å². The molecule has 0 spiro atoms. The van der Waals surface area contributed by atoms with Crippen LogP contribution in [0.1, 0.15) is 27.5 Å². The Bertz CT molecular complexity index is 911. The predicted octanol–water partition coefficient (Wildman–Crippen LogP) is 3.83. The molecule has 5 heteroatoms. The fraction of sp³-hybridized carbons (Fsp3) is 0.136. The smallest absolute Gasteiger partial charge is 0.339 e. The Balaban J connectivity index is 1.89. The predicted molar refractivity (Wildman–Crippen MR) is 104 cm³/mol. The van der Waals surface area contributed by atoms with Crippen LogP contribution in [0.5, 0.6) is 0 Å². The quantitative estimate of drug-likeness (QED) is 0.678. The molecule has 5 nitrogen and oxygen atoms in total. The van der Waals surface area contributed by atoms with Gasteiger partial charge in [-0.1, -0.05) is 48.5 Å². The first-order valence-electron chi connectivity index (χ1n) is 8.62. The molecule has 1 N–H and O–H groups in total. The van der Waals surface area contributed by atoms with E-state index in [9.17, 15) is 9.59 Å². The highest BCUT2D eigenvalue weighted by atomic mass is 16.5. The first-order valence-corrected chi connectivity index (χ1v) is 8.62. The zero-order valence-corrected chi connectivity index (χ0v) is 15.0. The number of esters is 1. The normalized spacial score (nSPS) is 11.4. The van der Waals surface area contributed by atoms with Gasteiger partial charge in [0.1, 0.15) is 0 Å². The SMILES string of the molecule is COC(=O)c1ccccc1NC(=O)C(Cc1ccccn1)c1ccccc1. The summed E-state index contributed by atoms with van der Waals surface area (Å²) >= 11 is 0. The van der Waals surface area contributed by atoms with Gasteiger partial charge in [-0.15, -0.1) is 0 Å². The number of amides is 1. The van der Waals surface area contributed by atoms with Gasteiger partial charge in [-0.3, -0.25) is 9.78 Å². The van der Waals surface area contributed by atoms with Gasteiger partial charge < -0.3 is 10.1 Å². The first-order chi connectivity index (χ1) is 13.2. The van der Waals surface area contributed by atoms with E-state index in [1.165, 1.54) is 7.11 Å². The molecule has 0 aliphatic rings. The van der Waals surface area contributed by atoms with Crippen LogP contribution in [-0.4, -0.2) is 24.0 Å². The van der Waals surface area contributed by atoms with Crippen LogP contribution in [0.4, 0.5) is 5.69 Å². The van der Waals surface area contributed by atoms with Crippen molar-refractivity contribution in [2.75, 3.05) is 12.4 Å². The van der Waals surface area contributed by atoms with Crippen LogP contribution in [0.25, 0.3) is 0 Å². The Morgan fingerprint density at radius 3 is 2.37 bits per heavy atom. The second kappa shape index (κ2) is 8.76. The van der Waals surface area contributed by atoms with Crippen molar-refractivity contribution in [3.8, 4) is 0 Å². The van der Waals surface area contributed by atoms with Crippen molar-refractivity contribution >= 4 is 17.6 Å². The Kier molecular flexibility index (Phi) is 5.94. The molecule has 27 heavy (non-hydrogen) atoms. The second-order valence-electron chi connectivity index (χ2n) is 6.01. The van der Waals surface area contributed by atoms with E-state index in [2.05, 4.69) is 10.3 Å². The van der Waals surface area contributed by atoms with E-state index >= 15 is 0 Å². The maximum Gasteiger partial charge on any atom is 0.339 e. The molecule has 0 fully saturated rings. The summed E-state index contributed by atoms with van der Waals surface area (Å²) in [6.07, 6.45) is 2.17. The number of ether oxygens (including phenoxy) is 1. The van der Waals surface area contributed by atoms with Crippen LogP contribution in [0.15, 0.2) is 79.0 Å². The number of hydrogen-bond acceptors (Lipinski definition) is 4. The largest absolute Gasteiger partial charge is 0.465 e. The van der Waals surface area contributed by atoms with Gasteiger partial charge in [-0.25, -0.2) is 4.79 Å². The molecule has 0 aliphatic heterocycles. The molecule has 3 aromatic rings. The van der Waals surface area contributed by atoms with E-state index in [1.54, 1.807) is 30.5 Å². The minimum atomic E-state index is -0.494. The third kappa shape index (κ3) is 4.58. The van der Waals surface area contributed by atoms with Gasteiger partial charge in [0.15, 0.2) is 0 Å². The number of nitrogens with zero attached hydrogens (tertiary/aromatic N) is 1. The van der Waals surface area contributed by atoms with Gasteiger partial charge in [-0.05, 0) is 29.8 Å². The van der Waals surface area contributed by atoms with Gasteiger partial charge in [0.25, 0.3) is 0 Å². The molecule has 136 valence electrons. The van der Waals surface area contributed by atoms with Crippen LogP contribution < -0.4 is 5.32 Å². The number of benzene rings is 2. The van der Waals surface area contributed by atoms with Crippen LogP contribution in [0, 0.1) is 0 Å². The molecule has 1 amide bonds. The summed E-state index contributed by atoms with van der Waals surface area (Å²) in [5.74, 6) is -1.14. The summed E-state index contributed by atoms with van der Waals surface area (Å²) in [4.78, 5) is 29.4. The van der Waals surface area contributed by atoms with Gasteiger partial charge >= 0.3 is 5.97 Å². The summed E-state index contributed by atoms with van der Waals surface area (Å²) in [6, 6.07) is 22.0. The van der Waals surface area contributed by atoms with Gasteiger partial charge in [-0.2, -0.15) is 0 Å². The van der Waals surface area contributed by atoms with Crippen molar-refractivity contribution in [2.24, 2.45) is 0 Å². The van der Waals surface area contributed by atoms with Crippen molar-refractivity contribution in [1.82, 2.24) is 4.98 Å². The fourth-order valence-electron chi connectivity index (χ4n) is 2.88. The summed E-state index contributed by atoms with van der Waals surface area (Å²) in [6.45, 7) is 0. The molecular formula is C22H20N2O3. The van der Waals surface area contributed by atoms with E-state index in [1.807, 2.05) is 48.5 Å². The van der Waals surface area contributed by atoms with Crippen molar-refractivity contribution in [3.63, 3.8) is 0 Å². The lowest BCUT2D eigenvalue weighted by Gasteiger charge is -2.18. The lowest BCUT2D eigenvalue weighted by atomic mass is 9.93. The van der Waals surface area contributed by atoms with Crippen molar-refractivity contribution < 1.29 is 14.3 Å². The molecule has 1 heterocycles. The molecule has 2 aromatic carbocycles. The number of hydrogen-bond donors (Lipinski definition) is 1. The average Bonchev–Trinajstić information content (AvgIpc) is 2.73. The number of rotatable bonds is 6. The Hall–Kier alpha value is -3.47. The Morgan fingerprint density at radius 2 is 1.67 bits per heavy atom. The van der Waals surface area contributed by atoms with Gasteiger partial charge in [0, 0.05) is 18.3 Å². The summed E-state index contributed by atoms with van der Waals surface area (Å²) in [5, 5.41) is 2.88. The molecule has 0 bridgehead atoms. The number of carbonyl (C=O) groups excluding carboxylic acids is 2. The average molecular weight is 360 g/mol. The first kappa shape index (κ1) is 18.3. The third-order valence-corrected chi connectivity index (χ3v) is 4.25. The van der Waals surface area contributed by atoms with Crippen molar-refractivity contribution in [3.05, 3.63) is 95.8 Å². The fourth-order valence-corrected chi connectivity index (χ4v) is 2.88. The maximum absolute atomic E-state index is 13.1. The molecule has 0 saturated carbocycles. The number of anilines is 1. The van der Waals surface area contributed by atoms with Crippen LogP contribution >= 0.6 is 0 Å². The van der Waals surface area contributed by atoms with Crippen LogP contribution in [0.2, 0.25) is 0 Å². The number of methoxy groups -OCH3 is 1. The second-order valence-corrected chi connectivity index (χ2v) is 6.01. The van der Waals surface area contributed by atoms with E-state index in [0.29, 0.717) is 17.7 Å². The highest BCUT2D eigenvalue weighted by Crippen LogP contribution is 2.24. The number of nitrogens with one attached hydrogen (secondary N) is 1.